The third-order valence-electron chi connectivity index (χ3n) is 6.00. The fraction of sp³-hybridized carbons (Fsp3) is 0.222. The minimum Gasteiger partial charge on any atom is -0.404 e. The molecule has 166 valence electrons. The van der Waals surface area contributed by atoms with Crippen LogP contribution in [-0.2, 0) is 4.79 Å². The van der Waals surface area contributed by atoms with Gasteiger partial charge in [-0.3, -0.25) is 9.79 Å². The van der Waals surface area contributed by atoms with Gasteiger partial charge in [0.25, 0.3) is 0 Å². The fourth-order valence-electron chi connectivity index (χ4n) is 4.17. The molecule has 2 aliphatic rings. The number of hydrogen-bond acceptors (Lipinski definition) is 5. The molecule has 0 bridgehead atoms. The van der Waals surface area contributed by atoms with Crippen LogP contribution in [0.5, 0.6) is 0 Å². The number of nitrogens with one attached hydrogen (secondary N) is 1. The molecule has 6 nitrogen and oxygen atoms in total. The molecule has 6 heteroatoms. The van der Waals surface area contributed by atoms with Gasteiger partial charge >= 0.3 is 0 Å². The van der Waals surface area contributed by atoms with E-state index in [9.17, 15) is 10.1 Å². The lowest BCUT2D eigenvalue weighted by molar-refractivity contribution is -0.137. The molecule has 1 fully saturated rings. The van der Waals surface area contributed by atoms with E-state index in [-0.39, 0.29) is 17.9 Å². The molecule has 0 saturated carbocycles. The average molecular weight is 438 g/mol. The highest BCUT2D eigenvalue weighted by Crippen LogP contribution is 2.23. The van der Waals surface area contributed by atoms with Crippen molar-refractivity contribution in [2.45, 2.75) is 19.4 Å². The second-order valence-electron chi connectivity index (χ2n) is 8.34. The van der Waals surface area contributed by atoms with Gasteiger partial charge in [0.2, 0.25) is 5.91 Å². The van der Waals surface area contributed by atoms with Crippen molar-refractivity contribution in [3.05, 3.63) is 76.8 Å². The molecule has 2 heterocycles. The van der Waals surface area contributed by atoms with Crippen LogP contribution in [0.4, 0.5) is 5.69 Å². The van der Waals surface area contributed by atoms with E-state index in [1.165, 1.54) is 0 Å². The molecule has 3 N–H and O–H groups in total. The summed E-state index contributed by atoms with van der Waals surface area (Å²) in [5, 5.41) is 14.6. The Hall–Kier alpha value is -4.11. The van der Waals surface area contributed by atoms with Gasteiger partial charge in [-0.2, -0.15) is 5.26 Å². The smallest absolute Gasteiger partial charge is 0.231 e. The number of rotatable bonds is 5. The monoisotopic (exact) mass is 437 g/mol. The Morgan fingerprint density at radius 1 is 1.30 bits per heavy atom. The average Bonchev–Trinajstić information content (AvgIpc) is 2.81. The Morgan fingerprint density at radius 2 is 2.12 bits per heavy atom. The summed E-state index contributed by atoms with van der Waals surface area (Å²) in [5.74, 6) is -0.0546. The van der Waals surface area contributed by atoms with Crippen LogP contribution in [0.3, 0.4) is 0 Å². The Morgan fingerprint density at radius 3 is 2.79 bits per heavy atom. The van der Waals surface area contributed by atoms with Gasteiger partial charge in [-0.05, 0) is 54.0 Å². The zero-order valence-electron chi connectivity index (χ0n) is 18.7. The molecule has 0 aliphatic carbocycles. The molecule has 2 aromatic carbocycles. The highest BCUT2D eigenvalue weighted by molar-refractivity contribution is 5.95. The summed E-state index contributed by atoms with van der Waals surface area (Å²) in [6.07, 6.45) is 9.70. The van der Waals surface area contributed by atoms with Gasteiger partial charge < -0.3 is 16.0 Å². The number of carbonyl (C=O) groups is 1. The molecular weight excluding hydrogens is 410 g/mol. The van der Waals surface area contributed by atoms with Crippen LogP contribution in [0.1, 0.15) is 18.9 Å². The van der Waals surface area contributed by atoms with Crippen LogP contribution in [0, 0.1) is 17.2 Å². The van der Waals surface area contributed by atoms with Crippen LogP contribution in [0.15, 0.2) is 65.8 Å². The minimum absolute atomic E-state index is 0.119. The van der Waals surface area contributed by atoms with Crippen LogP contribution < -0.4 is 21.5 Å². The number of hydrogen-bond donors (Lipinski definition) is 2. The van der Waals surface area contributed by atoms with Crippen LogP contribution >= 0.6 is 0 Å². The molecule has 33 heavy (non-hydrogen) atoms. The first-order valence-corrected chi connectivity index (χ1v) is 11.0. The Bertz CT molecular complexity index is 1310. The standard InChI is InChI=1S/C27H27N5O/c1-3-5-21-11-23(20-7-4-6-19(10-20)13-28)12-26(25(21)14-29)31-24-16-32(17-24)27(33)22-9-8-18(2)30-15-22/h3-8,10-12,14-15,22,24,31H,1,9,16-17,29H2,2H3/b21-5-,25-14+. The summed E-state index contributed by atoms with van der Waals surface area (Å²) >= 11 is 0. The lowest BCUT2D eigenvalue weighted by Crippen LogP contribution is -2.59. The van der Waals surface area contributed by atoms with Crippen molar-refractivity contribution in [2.75, 3.05) is 18.4 Å². The largest absolute Gasteiger partial charge is 0.404 e. The number of anilines is 1. The van der Waals surface area contributed by atoms with Gasteiger partial charge in [0.15, 0.2) is 0 Å². The van der Waals surface area contributed by atoms with Crippen molar-refractivity contribution in [3.8, 4) is 17.2 Å². The number of carbonyl (C=O) groups excluding carboxylic acids is 1. The van der Waals surface area contributed by atoms with Gasteiger partial charge in [-0.1, -0.05) is 36.9 Å². The van der Waals surface area contributed by atoms with Crippen molar-refractivity contribution >= 4 is 30.1 Å². The normalized spacial score (nSPS) is 19.0. The lowest BCUT2D eigenvalue weighted by atomic mass is 9.98. The Kier molecular flexibility index (Phi) is 6.41. The third-order valence-corrected chi connectivity index (χ3v) is 6.00. The molecule has 1 amide bonds. The predicted molar refractivity (Wildman–Crippen MR) is 134 cm³/mol. The summed E-state index contributed by atoms with van der Waals surface area (Å²) in [4.78, 5) is 18.9. The predicted octanol–water partition coefficient (Wildman–Crippen LogP) is 2.51. The number of nitriles is 1. The van der Waals surface area contributed by atoms with Crippen molar-refractivity contribution in [1.29, 1.82) is 5.26 Å². The molecular formula is C27H27N5O. The van der Waals surface area contributed by atoms with Crippen molar-refractivity contribution in [2.24, 2.45) is 16.6 Å². The van der Waals surface area contributed by atoms with E-state index < -0.39 is 0 Å². The van der Waals surface area contributed by atoms with Gasteiger partial charge in [0, 0.05) is 42.1 Å². The first-order chi connectivity index (χ1) is 16.0. The third kappa shape index (κ3) is 4.73. The maximum Gasteiger partial charge on any atom is 0.231 e. The SMILES string of the molecule is C=C/C=c1/cc(-c2cccc(C#N)c2)cc(NC2CN(C(=O)C3C=NC(C)=CC3)C2)/c1=C/N. The Balaban J connectivity index is 1.56. The number of benzene rings is 2. The summed E-state index contributed by atoms with van der Waals surface area (Å²) in [5.41, 5.74) is 10.4. The second kappa shape index (κ2) is 9.58. The zero-order chi connectivity index (χ0) is 23.4. The molecule has 4 rings (SSSR count). The number of amides is 1. The van der Waals surface area contributed by atoms with Gasteiger partial charge in [0.1, 0.15) is 0 Å². The summed E-state index contributed by atoms with van der Waals surface area (Å²) in [7, 11) is 0. The number of allylic oxidation sites excluding steroid dienone is 3. The van der Waals surface area contributed by atoms with Crippen LogP contribution in [-0.4, -0.2) is 36.2 Å². The first-order valence-electron chi connectivity index (χ1n) is 11.0. The van der Waals surface area contributed by atoms with Crippen LogP contribution in [0.25, 0.3) is 23.4 Å². The van der Waals surface area contributed by atoms with Crippen molar-refractivity contribution < 1.29 is 4.79 Å². The molecule has 1 atom stereocenters. The molecule has 2 aliphatic heterocycles. The molecule has 0 aromatic heterocycles. The summed E-state index contributed by atoms with van der Waals surface area (Å²) < 4.78 is 0. The summed E-state index contributed by atoms with van der Waals surface area (Å²) in [6.45, 7) is 7.02. The van der Waals surface area contributed by atoms with E-state index in [1.54, 1.807) is 24.6 Å². The molecule has 0 spiro atoms. The number of nitrogens with zero attached hydrogens (tertiary/aromatic N) is 3. The van der Waals surface area contributed by atoms with Gasteiger partial charge in [-0.25, -0.2) is 0 Å². The van der Waals surface area contributed by atoms with Crippen LogP contribution in [0.2, 0.25) is 0 Å². The lowest BCUT2D eigenvalue weighted by Gasteiger charge is -2.41. The minimum atomic E-state index is -0.174. The van der Waals surface area contributed by atoms with E-state index in [4.69, 9.17) is 5.73 Å². The quantitative estimate of drug-likeness (QED) is 0.752. The molecule has 1 saturated heterocycles. The van der Waals surface area contributed by atoms with Crippen molar-refractivity contribution in [1.82, 2.24) is 4.90 Å². The maximum atomic E-state index is 12.8. The number of nitrogens with two attached hydrogens (primary N) is 1. The fourth-order valence-corrected chi connectivity index (χ4v) is 4.17. The van der Waals surface area contributed by atoms with E-state index in [0.29, 0.717) is 25.1 Å². The topological polar surface area (TPSA) is 94.5 Å². The number of likely N-dealkylation sites (tertiary alicyclic amines) is 1. The Labute approximate surface area is 193 Å². The molecule has 2 aromatic rings. The highest BCUT2D eigenvalue weighted by Gasteiger charge is 2.34. The summed E-state index contributed by atoms with van der Waals surface area (Å²) in [6, 6.07) is 13.9. The zero-order valence-corrected chi connectivity index (χ0v) is 18.7. The molecule has 0 radical (unpaired) electrons. The first kappa shape index (κ1) is 22.1. The van der Waals surface area contributed by atoms with Crippen molar-refractivity contribution in [3.63, 3.8) is 0 Å². The second-order valence-corrected chi connectivity index (χ2v) is 8.34. The van der Waals surface area contributed by atoms with E-state index >= 15 is 0 Å². The van der Waals surface area contributed by atoms with Gasteiger partial charge in [0.05, 0.1) is 23.6 Å². The number of aliphatic imine (C=N–C) groups is 1. The van der Waals surface area contributed by atoms with Gasteiger partial charge in [-0.15, -0.1) is 0 Å². The highest BCUT2D eigenvalue weighted by atomic mass is 16.2. The van der Waals surface area contributed by atoms with E-state index in [1.807, 2.05) is 54.3 Å². The van der Waals surface area contributed by atoms with E-state index in [2.05, 4.69) is 23.0 Å². The molecule has 1 unspecified atom stereocenters. The maximum absolute atomic E-state index is 12.8. The van der Waals surface area contributed by atoms with E-state index in [0.717, 1.165) is 32.9 Å².